The van der Waals surface area contributed by atoms with E-state index in [1.807, 2.05) is 83.2 Å². The van der Waals surface area contributed by atoms with Crippen LogP contribution in [0.2, 0.25) is 5.31 Å². The van der Waals surface area contributed by atoms with E-state index in [2.05, 4.69) is 46.8 Å². The lowest BCUT2D eigenvalue weighted by molar-refractivity contribution is -0.0444. The van der Waals surface area contributed by atoms with Gasteiger partial charge in [0.2, 0.25) is 0 Å². The molecule has 9 heteroatoms. The van der Waals surface area contributed by atoms with Crippen LogP contribution in [0.25, 0.3) is 0 Å². The van der Waals surface area contributed by atoms with E-state index < -0.39 is 35.8 Å². The number of aryl methyl sites for hydroxylation is 1. The number of hydrogen-bond acceptors (Lipinski definition) is 7. The Morgan fingerprint density at radius 1 is 0.744 bits per heavy atom. The molecule has 2 saturated heterocycles. The SMILES string of the molecule is COc1ccc(C)cc1C(OC1=CCC(C)(B2OC(C)(C)C(C)(C)O2)C=C1)Oc1ccc(B2OC(C)(C)C(C)(C)O2)cc1. The molecule has 2 fully saturated rings. The van der Waals surface area contributed by atoms with Crippen molar-refractivity contribution in [1.82, 2.24) is 0 Å². The molecular weight excluding hydrogens is 542 g/mol. The predicted molar refractivity (Wildman–Crippen MR) is 171 cm³/mol. The van der Waals surface area contributed by atoms with Crippen LogP contribution in [-0.2, 0) is 23.4 Å². The molecule has 5 rings (SSSR count). The van der Waals surface area contributed by atoms with Crippen molar-refractivity contribution < 1.29 is 32.8 Å². The van der Waals surface area contributed by atoms with Crippen molar-refractivity contribution in [3.63, 3.8) is 0 Å². The van der Waals surface area contributed by atoms with Crippen LogP contribution < -0.4 is 14.9 Å². The zero-order valence-electron chi connectivity index (χ0n) is 27.6. The van der Waals surface area contributed by atoms with Crippen LogP contribution in [0, 0.1) is 6.92 Å². The summed E-state index contributed by atoms with van der Waals surface area (Å²) < 4.78 is 44.0. The van der Waals surface area contributed by atoms with E-state index in [1.165, 1.54) is 0 Å². The normalized spacial score (nSPS) is 25.8. The molecule has 0 spiro atoms. The molecule has 0 N–H and O–H groups in total. The van der Waals surface area contributed by atoms with Gasteiger partial charge in [-0.2, -0.15) is 0 Å². The zero-order chi connectivity index (χ0) is 31.4. The molecular formula is C34H46B2O7. The van der Waals surface area contributed by atoms with Crippen LogP contribution in [-0.4, -0.2) is 43.8 Å². The molecule has 2 atom stereocenters. The Morgan fingerprint density at radius 3 is 1.86 bits per heavy atom. The van der Waals surface area contributed by atoms with Gasteiger partial charge in [-0.3, -0.25) is 0 Å². The molecule has 2 aromatic rings. The third kappa shape index (κ3) is 6.15. The van der Waals surface area contributed by atoms with E-state index >= 15 is 0 Å². The molecule has 1 aliphatic carbocycles. The summed E-state index contributed by atoms with van der Waals surface area (Å²) in [5.74, 6) is 2.04. The molecule has 0 amide bonds. The molecule has 230 valence electrons. The Morgan fingerprint density at radius 2 is 1.33 bits per heavy atom. The number of methoxy groups -OCH3 is 1. The van der Waals surface area contributed by atoms with Crippen molar-refractivity contribution in [3.8, 4) is 11.5 Å². The zero-order valence-corrected chi connectivity index (χ0v) is 27.6. The van der Waals surface area contributed by atoms with Crippen molar-refractivity contribution in [3.05, 3.63) is 77.6 Å². The maximum atomic E-state index is 6.54. The number of rotatable bonds is 8. The first-order chi connectivity index (χ1) is 20.0. The summed E-state index contributed by atoms with van der Waals surface area (Å²) in [4.78, 5) is 0. The minimum absolute atomic E-state index is 0.335. The second kappa shape index (κ2) is 11.0. The number of allylic oxidation sites excluding steroid dienone is 3. The van der Waals surface area contributed by atoms with Crippen LogP contribution in [0.4, 0.5) is 0 Å². The quantitative estimate of drug-likeness (QED) is 0.241. The van der Waals surface area contributed by atoms with Crippen LogP contribution in [0.5, 0.6) is 11.5 Å². The van der Waals surface area contributed by atoms with Crippen molar-refractivity contribution in [2.45, 2.75) is 110 Å². The standard InChI is InChI=1S/C34H46B2O7/c1-23-12-17-28(37-11)27(22-23)29(38-25-15-13-24(14-16-25)35-40-30(2,3)31(4,5)41-35)39-26-18-20-34(10,21-19-26)36-42-32(6,7)33(8,9)43-36/h12-20,22,29H,21H2,1-11H3. The van der Waals surface area contributed by atoms with Gasteiger partial charge in [0.25, 0.3) is 6.29 Å². The third-order valence-electron chi connectivity index (χ3n) is 9.69. The fraction of sp³-hybridized carbons (Fsp3) is 0.529. The fourth-order valence-electron chi connectivity index (χ4n) is 5.22. The maximum Gasteiger partial charge on any atom is 0.494 e. The molecule has 2 unspecified atom stereocenters. The summed E-state index contributed by atoms with van der Waals surface area (Å²) in [5, 5.41) is -0.335. The van der Waals surface area contributed by atoms with E-state index in [-0.39, 0.29) is 12.4 Å². The minimum atomic E-state index is -0.755. The number of hydrogen-bond donors (Lipinski definition) is 0. The van der Waals surface area contributed by atoms with Gasteiger partial charge in [0.05, 0.1) is 35.1 Å². The van der Waals surface area contributed by atoms with Crippen molar-refractivity contribution >= 4 is 19.7 Å². The molecule has 2 heterocycles. The molecule has 43 heavy (non-hydrogen) atoms. The maximum absolute atomic E-state index is 6.54. The molecule has 0 aromatic heterocycles. The average Bonchev–Trinajstić information content (AvgIpc) is 3.29. The highest BCUT2D eigenvalue weighted by Crippen LogP contribution is 2.49. The Balaban J connectivity index is 1.35. The molecule has 3 aliphatic rings. The minimum Gasteiger partial charge on any atom is -0.496 e. The second-order valence-electron chi connectivity index (χ2n) is 14.2. The van der Waals surface area contributed by atoms with Crippen LogP contribution in [0.3, 0.4) is 0 Å². The lowest BCUT2D eigenvalue weighted by atomic mass is 9.55. The predicted octanol–water partition coefficient (Wildman–Crippen LogP) is 7.09. The smallest absolute Gasteiger partial charge is 0.494 e. The second-order valence-corrected chi connectivity index (χ2v) is 14.2. The summed E-state index contributed by atoms with van der Waals surface area (Å²) >= 11 is 0. The van der Waals surface area contributed by atoms with E-state index in [0.29, 0.717) is 23.7 Å². The Kier molecular flexibility index (Phi) is 8.13. The van der Waals surface area contributed by atoms with E-state index in [1.54, 1.807) is 7.11 Å². The highest BCUT2D eigenvalue weighted by atomic mass is 16.7. The Hall–Kier alpha value is -2.71. The molecule has 0 radical (unpaired) electrons. The van der Waals surface area contributed by atoms with Crippen molar-refractivity contribution in [2.75, 3.05) is 7.11 Å². The summed E-state index contributed by atoms with van der Waals surface area (Å²) in [6, 6.07) is 13.7. The van der Waals surface area contributed by atoms with E-state index in [4.69, 9.17) is 32.8 Å². The molecule has 0 saturated carbocycles. The third-order valence-corrected chi connectivity index (χ3v) is 9.69. The van der Waals surface area contributed by atoms with Gasteiger partial charge in [0, 0.05) is 5.31 Å². The van der Waals surface area contributed by atoms with Crippen LogP contribution in [0.1, 0.15) is 86.2 Å². The van der Waals surface area contributed by atoms with Gasteiger partial charge in [-0.15, -0.1) is 0 Å². The van der Waals surface area contributed by atoms with Crippen LogP contribution >= 0.6 is 0 Å². The number of ether oxygens (including phenoxy) is 3. The summed E-state index contributed by atoms with van der Waals surface area (Å²) in [6.07, 6.45) is 6.11. The van der Waals surface area contributed by atoms with Gasteiger partial charge >= 0.3 is 14.2 Å². The monoisotopic (exact) mass is 588 g/mol. The lowest BCUT2D eigenvalue weighted by Crippen LogP contribution is -2.41. The number of benzene rings is 2. The first-order valence-corrected chi connectivity index (χ1v) is 15.1. The van der Waals surface area contributed by atoms with Gasteiger partial charge in [0.15, 0.2) is 0 Å². The highest BCUT2D eigenvalue weighted by Gasteiger charge is 2.57. The first kappa shape index (κ1) is 31.7. The molecule has 7 nitrogen and oxygen atoms in total. The lowest BCUT2D eigenvalue weighted by Gasteiger charge is -2.32. The van der Waals surface area contributed by atoms with Gasteiger partial charge in [0.1, 0.15) is 17.3 Å². The molecule has 0 bridgehead atoms. The Labute approximate surface area is 258 Å². The van der Waals surface area contributed by atoms with Gasteiger partial charge in [-0.05, 0) is 111 Å². The van der Waals surface area contributed by atoms with Gasteiger partial charge < -0.3 is 32.8 Å². The van der Waals surface area contributed by atoms with Crippen LogP contribution in [0.15, 0.2) is 66.5 Å². The van der Waals surface area contributed by atoms with Gasteiger partial charge in [-0.1, -0.05) is 36.8 Å². The molecule has 2 aliphatic heterocycles. The largest absolute Gasteiger partial charge is 0.496 e. The van der Waals surface area contributed by atoms with Gasteiger partial charge in [-0.25, -0.2) is 0 Å². The fourth-order valence-corrected chi connectivity index (χ4v) is 5.22. The average molecular weight is 588 g/mol. The van der Waals surface area contributed by atoms with E-state index in [0.717, 1.165) is 16.6 Å². The van der Waals surface area contributed by atoms with Crippen molar-refractivity contribution in [1.29, 1.82) is 0 Å². The topological polar surface area (TPSA) is 64.6 Å². The summed E-state index contributed by atoms with van der Waals surface area (Å²) in [6.45, 7) is 20.7. The van der Waals surface area contributed by atoms with Crippen molar-refractivity contribution in [2.24, 2.45) is 0 Å². The summed E-state index contributed by atoms with van der Waals surface area (Å²) in [7, 11) is 0.845. The van der Waals surface area contributed by atoms with E-state index in [9.17, 15) is 0 Å². The first-order valence-electron chi connectivity index (χ1n) is 15.1. The molecule has 2 aromatic carbocycles. The highest BCUT2D eigenvalue weighted by molar-refractivity contribution is 6.62. The Bertz CT molecular complexity index is 1360. The summed E-state index contributed by atoms with van der Waals surface area (Å²) in [5.41, 5.74) is 1.19.